The molecule has 1 atom stereocenters. The number of rotatable bonds is 17. The van der Waals surface area contributed by atoms with E-state index in [0.29, 0.717) is 53.4 Å². The van der Waals surface area contributed by atoms with Crippen molar-refractivity contribution in [1.29, 1.82) is 0 Å². The Bertz CT molecular complexity index is 2040. The minimum Gasteiger partial charge on any atom is -0.489 e. The minimum atomic E-state index is -0.520. The van der Waals surface area contributed by atoms with E-state index in [-0.39, 0.29) is 11.6 Å². The summed E-state index contributed by atoms with van der Waals surface area (Å²) in [5, 5.41) is 8.17. The maximum atomic E-state index is 13.7. The highest BCUT2D eigenvalue weighted by atomic mass is 32.2. The van der Waals surface area contributed by atoms with E-state index in [2.05, 4.69) is 16.0 Å². The largest absolute Gasteiger partial charge is 0.489 e. The lowest BCUT2D eigenvalue weighted by Gasteiger charge is -2.16. The highest BCUT2D eigenvalue weighted by Crippen LogP contribution is 2.29. The van der Waals surface area contributed by atoms with Crippen LogP contribution in [-0.4, -0.2) is 35.5 Å². The molecule has 3 N–H and O–H groups in total. The van der Waals surface area contributed by atoms with Crippen molar-refractivity contribution < 1.29 is 28.7 Å². The van der Waals surface area contributed by atoms with Crippen molar-refractivity contribution in [2.24, 2.45) is 0 Å². The van der Waals surface area contributed by atoms with Gasteiger partial charge in [-0.3, -0.25) is 14.4 Å². The first-order valence-corrected chi connectivity index (χ1v) is 18.7. The Hall–Kier alpha value is -6.13. The van der Waals surface area contributed by atoms with E-state index >= 15 is 0 Å². The second kappa shape index (κ2) is 20.2. The molecule has 5 aromatic rings. The molecule has 0 aliphatic carbocycles. The highest BCUT2D eigenvalue weighted by Gasteiger charge is 2.20. The third-order valence-corrected chi connectivity index (χ3v) is 9.48. The highest BCUT2D eigenvalue weighted by molar-refractivity contribution is 8.00. The third-order valence-electron chi connectivity index (χ3n) is 8.12. The molecule has 0 bridgehead atoms. The Balaban J connectivity index is 1.25. The Kier molecular flexibility index (Phi) is 14.6. The molecule has 54 heavy (non-hydrogen) atoms. The lowest BCUT2D eigenvalue weighted by atomic mass is 10.1. The number of carbonyl (C=O) groups is 4. The Morgan fingerprint density at radius 3 is 2.11 bits per heavy atom. The van der Waals surface area contributed by atoms with Crippen molar-refractivity contribution in [3.05, 3.63) is 161 Å². The number of benzene rings is 5. The summed E-state index contributed by atoms with van der Waals surface area (Å²) in [4.78, 5) is 53.1. The minimum absolute atomic E-state index is 0.0471. The van der Waals surface area contributed by atoms with Gasteiger partial charge in [0.1, 0.15) is 18.1 Å². The Morgan fingerprint density at radius 2 is 1.43 bits per heavy atom. The number of unbranched alkanes of at least 4 members (excludes halogenated alkanes) is 1. The molecule has 9 nitrogen and oxygen atoms in total. The van der Waals surface area contributed by atoms with Crippen LogP contribution in [0.2, 0.25) is 0 Å². The third kappa shape index (κ3) is 12.0. The standard InChI is InChI=1S/C44H43N3O6S/c1-3-5-27-52-44(51)34-21-23-35(24-22-34)45-43(50)40(4-2)54-38-18-12-17-36(29-38)46-42(49)39(47-41(48)33-15-10-7-11-16-33)28-31-19-25-37(26-20-31)53-30-32-13-8-6-9-14-32/h6-26,28-29,40H,3-5,27,30H2,1-2H3,(H,45,50)(H,46,49)(H,47,48)/b39-28+. The zero-order chi connectivity index (χ0) is 38.1. The molecule has 1 unspecified atom stereocenters. The van der Waals surface area contributed by atoms with Crippen LogP contribution in [0.4, 0.5) is 11.4 Å². The average Bonchev–Trinajstić information content (AvgIpc) is 3.20. The fourth-order valence-corrected chi connectivity index (χ4v) is 6.16. The lowest BCUT2D eigenvalue weighted by Crippen LogP contribution is -2.30. The molecule has 0 aliphatic heterocycles. The Morgan fingerprint density at radius 1 is 0.722 bits per heavy atom. The van der Waals surface area contributed by atoms with Crippen molar-refractivity contribution in [2.45, 2.75) is 49.9 Å². The summed E-state index contributed by atoms with van der Waals surface area (Å²) in [6.45, 7) is 4.74. The lowest BCUT2D eigenvalue weighted by molar-refractivity contribution is -0.116. The molecule has 10 heteroatoms. The number of ether oxygens (including phenoxy) is 2. The van der Waals surface area contributed by atoms with Gasteiger partial charge in [-0.15, -0.1) is 11.8 Å². The number of carbonyl (C=O) groups excluding carboxylic acids is 4. The average molecular weight is 742 g/mol. The summed E-state index contributed by atoms with van der Waals surface area (Å²) in [6.07, 6.45) is 3.89. The van der Waals surface area contributed by atoms with Crippen LogP contribution in [0.1, 0.15) is 65.0 Å². The van der Waals surface area contributed by atoms with Gasteiger partial charge < -0.3 is 25.4 Å². The number of hydrogen-bond donors (Lipinski definition) is 3. The van der Waals surface area contributed by atoms with Crippen LogP contribution >= 0.6 is 11.8 Å². The summed E-state index contributed by atoms with van der Waals surface area (Å²) >= 11 is 1.37. The quantitative estimate of drug-likeness (QED) is 0.0376. The Labute approximate surface area is 320 Å². The second-order valence-corrected chi connectivity index (χ2v) is 13.6. The number of hydrogen-bond acceptors (Lipinski definition) is 7. The van der Waals surface area contributed by atoms with E-state index in [4.69, 9.17) is 9.47 Å². The van der Waals surface area contributed by atoms with Crippen LogP contribution in [0.3, 0.4) is 0 Å². The zero-order valence-corrected chi connectivity index (χ0v) is 31.1. The van der Waals surface area contributed by atoms with Crippen molar-refractivity contribution in [1.82, 2.24) is 5.32 Å². The summed E-state index contributed by atoms with van der Waals surface area (Å²) in [6, 6.07) is 39.6. The smallest absolute Gasteiger partial charge is 0.338 e. The predicted molar refractivity (Wildman–Crippen MR) is 214 cm³/mol. The zero-order valence-electron chi connectivity index (χ0n) is 30.2. The fraction of sp³-hybridized carbons (Fsp3) is 0.182. The van der Waals surface area contributed by atoms with Gasteiger partial charge in [0.15, 0.2) is 0 Å². The van der Waals surface area contributed by atoms with Gasteiger partial charge in [-0.2, -0.15) is 0 Å². The molecule has 5 aromatic carbocycles. The molecule has 0 heterocycles. The van der Waals surface area contributed by atoms with Gasteiger partial charge in [-0.25, -0.2) is 4.79 Å². The van der Waals surface area contributed by atoms with Crippen LogP contribution in [-0.2, 0) is 20.9 Å². The molecule has 0 radical (unpaired) electrons. The topological polar surface area (TPSA) is 123 Å². The molecule has 276 valence electrons. The molecule has 0 aliphatic rings. The number of anilines is 2. The summed E-state index contributed by atoms with van der Waals surface area (Å²) < 4.78 is 11.2. The number of thioether (sulfide) groups is 1. The van der Waals surface area contributed by atoms with E-state index in [1.54, 1.807) is 72.8 Å². The van der Waals surface area contributed by atoms with E-state index in [1.165, 1.54) is 11.8 Å². The van der Waals surface area contributed by atoms with Crippen molar-refractivity contribution >= 4 is 52.9 Å². The normalized spacial score (nSPS) is 11.6. The maximum Gasteiger partial charge on any atom is 0.338 e. The predicted octanol–water partition coefficient (Wildman–Crippen LogP) is 9.14. The van der Waals surface area contributed by atoms with Crippen molar-refractivity contribution in [3.8, 4) is 5.75 Å². The van der Waals surface area contributed by atoms with E-state index in [1.807, 2.05) is 80.6 Å². The van der Waals surface area contributed by atoms with Gasteiger partial charge >= 0.3 is 5.97 Å². The van der Waals surface area contributed by atoms with E-state index in [9.17, 15) is 19.2 Å². The maximum absolute atomic E-state index is 13.7. The molecule has 0 fully saturated rings. The molecular weight excluding hydrogens is 699 g/mol. The first-order chi connectivity index (χ1) is 26.3. The molecule has 0 saturated heterocycles. The fourth-order valence-electron chi connectivity index (χ4n) is 5.15. The molecular formula is C44H43N3O6S. The number of nitrogens with one attached hydrogen (secondary N) is 3. The first-order valence-electron chi connectivity index (χ1n) is 17.8. The first kappa shape index (κ1) is 39.1. The SMILES string of the molecule is CCCCOC(=O)c1ccc(NC(=O)C(CC)Sc2cccc(NC(=O)/C(=C\c3ccc(OCc4ccccc4)cc3)NC(=O)c3ccccc3)c2)cc1. The van der Waals surface area contributed by atoms with Gasteiger partial charge in [0.05, 0.1) is 17.4 Å². The van der Waals surface area contributed by atoms with E-state index in [0.717, 1.165) is 23.3 Å². The molecule has 5 rings (SSSR count). The van der Waals surface area contributed by atoms with Gasteiger partial charge in [-0.05, 0) is 96.8 Å². The summed E-state index contributed by atoms with van der Waals surface area (Å²) in [5.41, 5.74) is 3.66. The van der Waals surface area contributed by atoms with Gasteiger partial charge in [-0.1, -0.05) is 87.0 Å². The van der Waals surface area contributed by atoms with Crippen LogP contribution < -0.4 is 20.7 Å². The van der Waals surface area contributed by atoms with Crippen LogP contribution in [0.5, 0.6) is 5.75 Å². The van der Waals surface area contributed by atoms with Crippen LogP contribution in [0.25, 0.3) is 6.08 Å². The van der Waals surface area contributed by atoms with Crippen molar-refractivity contribution in [3.63, 3.8) is 0 Å². The molecule has 0 saturated carbocycles. The van der Waals surface area contributed by atoms with Gasteiger partial charge in [0.2, 0.25) is 5.91 Å². The molecule has 0 spiro atoms. The van der Waals surface area contributed by atoms with Gasteiger partial charge in [0, 0.05) is 21.8 Å². The van der Waals surface area contributed by atoms with E-state index < -0.39 is 23.0 Å². The molecule has 0 aromatic heterocycles. The monoisotopic (exact) mass is 741 g/mol. The van der Waals surface area contributed by atoms with Gasteiger partial charge in [0.25, 0.3) is 11.8 Å². The second-order valence-electron chi connectivity index (χ2n) is 12.3. The summed E-state index contributed by atoms with van der Waals surface area (Å²) in [7, 11) is 0. The van der Waals surface area contributed by atoms with Crippen LogP contribution in [0.15, 0.2) is 144 Å². The van der Waals surface area contributed by atoms with Crippen molar-refractivity contribution in [2.75, 3.05) is 17.2 Å². The number of amides is 3. The number of esters is 1. The summed E-state index contributed by atoms with van der Waals surface area (Å²) in [5.74, 6) is -0.868. The molecule has 3 amide bonds. The van der Waals surface area contributed by atoms with Crippen LogP contribution in [0, 0.1) is 0 Å².